The van der Waals surface area contributed by atoms with Crippen LogP contribution in [0.2, 0.25) is 0 Å². The molecule has 1 unspecified atom stereocenters. The largest absolute Gasteiger partial charge is 0.493 e. The third-order valence-electron chi connectivity index (χ3n) is 7.62. The molecule has 5 rings (SSSR count). The number of benzene rings is 2. The Balaban J connectivity index is 1.49. The third-order valence-corrected chi connectivity index (χ3v) is 9.66. The minimum Gasteiger partial charge on any atom is -0.493 e. The number of carbonyl (C=O) groups excluding carboxylic acids is 2. The maximum atomic E-state index is 13.6. The number of nitrogens with one attached hydrogen (secondary N) is 1. The van der Waals surface area contributed by atoms with E-state index in [-0.39, 0.29) is 28.8 Å². The molecular formula is C31H32N6O5S2. The van der Waals surface area contributed by atoms with E-state index >= 15 is 0 Å². The minimum atomic E-state index is -0.774. The first-order chi connectivity index (χ1) is 21.2. The molecule has 1 aromatic heterocycles. The summed E-state index contributed by atoms with van der Waals surface area (Å²) in [7, 11) is 4.51. The Bertz CT molecular complexity index is 1720. The maximum absolute atomic E-state index is 13.6. The molecule has 0 saturated heterocycles. The van der Waals surface area contributed by atoms with Gasteiger partial charge < -0.3 is 25.3 Å². The third kappa shape index (κ3) is 5.58. The number of aryl methyl sites for hydroxylation is 2. The van der Waals surface area contributed by atoms with Gasteiger partial charge in [-0.05, 0) is 43.9 Å². The highest BCUT2D eigenvalue weighted by Crippen LogP contribution is 2.52. The Morgan fingerprint density at radius 1 is 1.11 bits per heavy atom. The molecule has 13 heteroatoms. The molecule has 0 spiro atoms. The number of methoxy groups -OCH3 is 3. The normalized spacial score (nSPS) is 16.4. The van der Waals surface area contributed by atoms with Gasteiger partial charge in [0, 0.05) is 28.9 Å². The number of rotatable bonds is 9. The topological polar surface area (TPSA) is 153 Å². The Morgan fingerprint density at radius 2 is 1.84 bits per heavy atom. The summed E-state index contributed by atoms with van der Waals surface area (Å²) < 4.78 is 17.3. The van der Waals surface area contributed by atoms with Crippen LogP contribution in [-0.2, 0) is 9.59 Å². The van der Waals surface area contributed by atoms with Crippen LogP contribution in [0.25, 0.3) is 0 Å². The van der Waals surface area contributed by atoms with Crippen molar-refractivity contribution in [3.05, 3.63) is 69.7 Å². The fraction of sp³-hybridized carbons (Fsp3) is 0.323. The Labute approximate surface area is 263 Å². The SMILES string of the molecule is COc1ccc(C2C(C#N)=C(N)N(c3nnc(SCC(=O)Nc4c(C)cccc4C)s3)C3=C2C(=O)CCC3)c(OC)c1OC. The predicted octanol–water partition coefficient (Wildman–Crippen LogP) is 5.22. The van der Waals surface area contributed by atoms with Gasteiger partial charge in [-0.1, -0.05) is 47.4 Å². The van der Waals surface area contributed by atoms with E-state index in [4.69, 9.17) is 19.9 Å². The van der Waals surface area contributed by atoms with Crippen molar-refractivity contribution in [2.45, 2.75) is 43.4 Å². The van der Waals surface area contributed by atoms with Crippen LogP contribution in [0.15, 0.2) is 57.3 Å². The summed E-state index contributed by atoms with van der Waals surface area (Å²) in [4.78, 5) is 28.0. The van der Waals surface area contributed by atoms with Crippen molar-refractivity contribution in [3.63, 3.8) is 0 Å². The highest BCUT2D eigenvalue weighted by Gasteiger charge is 2.43. The van der Waals surface area contributed by atoms with Crippen molar-refractivity contribution < 1.29 is 23.8 Å². The number of aromatic nitrogens is 2. The molecule has 228 valence electrons. The van der Waals surface area contributed by atoms with Gasteiger partial charge in [0.25, 0.3) is 0 Å². The van der Waals surface area contributed by atoms with Crippen molar-refractivity contribution in [1.29, 1.82) is 5.26 Å². The summed E-state index contributed by atoms with van der Waals surface area (Å²) in [6.45, 7) is 3.90. The summed E-state index contributed by atoms with van der Waals surface area (Å²) in [5.74, 6) is 0.418. The minimum absolute atomic E-state index is 0.0828. The number of Topliss-reactive ketones (excluding diaryl/α,β-unsaturated/α-hetero) is 1. The molecule has 1 aliphatic carbocycles. The van der Waals surface area contributed by atoms with Crippen molar-refractivity contribution in [2.75, 3.05) is 37.3 Å². The van der Waals surface area contributed by atoms with Crippen LogP contribution in [0.3, 0.4) is 0 Å². The smallest absolute Gasteiger partial charge is 0.234 e. The van der Waals surface area contributed by atoms with Crippen LogP contribution >= 0.6 is 23.1 Å². The molecule has 3 N–H and O–H groups in total. The Kier molecular flexibility index (Phi) is 9.12. The molecule has 0 radical (unpaired) electrons. The van der Waals surface area contributed by atoms with Crippen molar-refractivity contribution >= 4 is 45.6 Å². The van der Waals surface area contributed by atoms with Gasteiger partial charge in [-0.15, -0.1) is 10.2 Å². The van der Waals surface area contributed by atoms with Crippen molar-refractivity contribution in [2.24, 2.45) is 5.73 Å². The van der Waals surface area contributed by atoms with Crippen LogP contribution in [0, 0.1) is 25.2 Å². The van der Waals surface area contributed by atoms with Gasteiger partial charge in [0.1, 0.15) is 5.82 Å². The van der Waals surface area contributed by atoms with Gasteiger partial charge in [-0.25, -0.2) is 0 Å². The van der Waals surface area contributed by atoms with Crippen LogP contribution in [-0.4, -0.2) is 49.0 Å². The number of carbonyl (C=O) groups is 2. The lowest BCUT2D eigenvalue weighted by atomic mass is 9.75. The first kappa shape index (κ1) is 30.9. The first-order valence-electron chi connectivity index (χ1n) is 13.8. The van der Waals surface area contributed by atoms with E-state index < -0.39 is 5.92 Å². The number of hydrogen-bond donors (Lipinski definition) is 2. The number of nitrogens with two attached hydrogens (primary N) is 1. The van der Waals surface area contributed by atoms with Crippen LogP contribution < -0.4 is 30.2 Å². The standard InChI is InChI=1S/C31H32N6O5S2/c1-16-8-6-9-17(2)26(16)34-23(39)15-43-31-36-35-30(44-31)37-20-10-7-11-21(38)25(20)24(19(14-32)29(37)33)18-12-13-22(40-3)28(42-5)27(18)41-4/h6,8-9,12-13,24H,7,10-11,15,33H2,1-5H3,(H,34,39). The lowest BCUT2D eigenvalue weighted by Gasteiger charge is -2.38. The zero-order valence-corrected chi connectivity index (χ0v) is 26.6. The fourth-order valence-electron chi connectivity index (χ4n) is 5.63. The number of nitriles is 1. The second-order valence-corrected chi connectivity index (χ2v) is 12.4. The summed E-state index contributed by atoms with van der Waals surface area (Å²) in [6.07, 6.45) is 1.51. The Morgan fingerprint density at radius 3 is 2.50 bits per heavy atom. The number of anilines is 2. The summed E-state index contributed by atoms with van der Waals surface area (Å²) in [5, 5.41) is 22.4. The number of para-hydroxylation sites is 1. The zero-order chi connectivity index (χ0) is 31.5. The number of hydrogen-bond acceptors (Lipinski definition) is 12. The number of nitrogens with zero attached hydrogens (tertiary/aromatic N) is 4. The number of amides is 1. The van der Waals surface area contributed by atoms with Crippen LogP contribution in [0.1, 0.15) is 41.9 Å². The van der Waals surface area contributed by atoms with E-state index in [1.807, 2.05) is 32.0 Å². The van der Waals surface area contributed by atoms with E-state index in [1.165, 1.54) is 44.4 Å². The fourth-order valence-corrected chi connectivity index (χ4v) is 7.31. The van der Waals surface area contributed by atoms with E-state index in [9.17, 15) is 14.9 Å². The highest BCUT2D eigenvalue weighted by molar-refractivity contribution is 8.01. The van der Waals surface area contributed by atoms with Gasteiger partial charge in [-0.3, -0.25) is 14.5 Å². The second-order valence-electron chi connectivity index (χ2n) is 10.2. The molecule has 1 amide bonds. The molecule has 0 bridgehead atoms. The molecule has 1 aliphatic heterocycles. The number of ether oxygens (including phenoxy) is 3. The van der Waals surface area contributed by atoms with E-state index in [0.717, 1.165) is 16.8 Å². The second kappa shape index (κ2) is 13.0. The summed E-state index contributed by atoms with van der Waals surface area (Å²) >= 11 is 2.49. The van der Waals surface area contributed by atoms with E-state index in [0.29, 0.717) is 62.8 Å². The lowest BCUT2D eigenvalue weighted by molar-refractivity contribution is -0.116. The van der Waals surface area contributed by atoms with Gasteiger partial charge in [0.15, 0.2) is 21.6 Å². The highest BCUT2D eigenvalue weighted by atomic mass is 32.2. The van der Waals surface area contributed by atoms with Crippen LogP contribution in [0.5, 0.6) is 17.2 Å². The Hall–Kier alpha value is -4.54. The average molecular weight is 633 g/mol. The van der Waals surface area contributed by atoms with Crippen LogP contribution in [0.4, 0.5) is 10.8 Å². The molecule has 2 aromatic carbocycles. The quantitative estimate of drug-likeness (QED) is 0.299. The van der Waals surface area contributed by atoms with Gasteiger partial charge >= 0.3 is 0 Å². The molecule has 2 heterocycles. The molecule has 0 saturated carbocycles. The molecule has 2 aliphatic rings. The zero-order valence-electron chi connectivity index (χ0n) is 25.0. The van der Waals surface area contributed by atoms with Gasteiger partial charge in [0.05, 0.1) is 44.6 Å². The first-order valence-corrected chi connectivity index (χ1v) is 15.6. The maximum Gasteiger partial charge on any atom is 0.234 e. The van der Waals surface area contributed by atoms with Gasteiger partial charge in [0.2, 0.25) is 16.8 Å². The average Bonchev–Trinajstić information content (AvgIpc) is 3.49. The molecule has 1 atom stereocenters. The summed E-state index contributed by atoms with van der Waals surface area (Å²) in [6, 6.07) is 11.6. The van der Waals surface area contributed by atoms with Crippen molar-refractivity contribution in [3.8, 4) is 23.3 Å². The van der Waals surface area contributed by atoms with Crippen molar-refractivity contribution in [1.82, 2.24) is 10.2 Å². The summed E-state index contributed by atoms with van der Waals surface area (Å²) in [5.41, 5.74) is 11.4. The molecular weight excluding hydrogens is 601 g/mol. The molecule has 11 nitrogen and oxygen atoms in total. The number of thioether (sulfide) groups is 1. The van der Waals surface area contributed by atoms with E-state index in [1.54, 1.807) is 17.0 Å². The molecule has 0 fully saturated rings. The molecule has 44 heavy (non-hydrogen) atoms. The molecule has 3 aromatic rings. The number of ketones is 1. The van der Waals surface area contributed by atoms with Gasteiger partial charge in [-0.2, -0.15) is 5.26 Å². The number of allylic oxidation sites excluding steroid dienone is 3. The van der Waals surface area contributed by atoms with E-state index in [2.05, 4.69) is 21.6 Å². The predicted molar refractivity (Wildman–Crippen MR) is 169 cm³/mol. The lowest BCUT2D eigenvalue weighted by Crippen LogP contribution is -2.38. The monoisotopic (exact) mass is 632 g/mol.